The van der Waals surface area contributed by atoms with Gasteiger partial charge in [-0.2, -0.15) is 0 Å². The number of carbonyl (C=O) groups excluding carboxylic acids is 2. The summed E-state index contributed by atoms with van der Waals surface area (Å²) in [5.41, 5.74) is 7.05. The zero-order valence-electron chi connectivity index (χ0n) is 22.4. The van der Waals surface area contributed by atoms with Crippen molar-refractivity contribution in [2.24, 2.45) is 11.7 Å². The largest absolute Gasteiger partial charge is 0.469 e. The summed E-state index contributed by atoms with van der Waals surface area (Å²) in [7, 11) is 1.35. The van der Waals surface area contributed by atoms with Crippen molar-refractivity contribution in [2.45, 2.75) is 52.7 Å². The number of hydrogen-bond acceptors (Lipinski definition) is 6. The lowest BCUT2D eigenvalue weighted by Crippen LogP contribution is -2.51. The van der Waals surface area contributed by atoms with Crippen LogP contribution in [0.15, 0.2) is 53.7 Å². The number of halogens is 1. The molecular weight excluding hydrogens is 522 g/mol. The summed E-state index contributed by atoms with van der Waals surface area (Å²) in [5, 5.41) is 0. The number of esters is 1. The van der Waals surface area contributed by atoms with Gasteiger partial charge in [0.1, 0.15) is 5.60 Å². The molecule has 1 aromatic carbocycles. The predicted octanol–water partition coefficient (Wildman–Crippen LogP) is 5.88. The van der Waals surface area contributed by atoms with Crippen LogP contribution in [0.4, 0.5) is 4.79 Å². The van der Waals surface area contributed by atoms with E-state index >= 15 is 0 Å². The van der Waals surface area contributed by atoms with Crippen molar-refractivity contribution in [2.75, 3.05) is 33.3 Å². The Morgan fingerprint density at radius 1 is 1.14 bits per heavy atom. The fourth-order valence-corrected chi connectivity index (χ4v) is 4.05. The Bertz CT molecular complexity index is 896. The summed E-state index contributed by atoms with van der Waals surface area (Å²) in [4.78, 5) is 27.9. The van der Waals surface area contributed by atoms with E-state index in [0.717, 1.165) is 19.5 Å². The standard InChI is InChI=1S/C23H32N2O2.C3H6O2.C2H4BrN/c1-5-9-19-12-8-11-18-10-6-7-13-20(18)21(19)24-14-16-25(17-15-24)22(26)27-23(2,3)4;1-3(4)5-2;3-1-2-4/h5-11,13,19,21H,12,14-17H2,1-4H3;1-2H3;1-2H,4H2/b9-5-;;2-1+. The van der Waals surface area contributed by atoms with Gasteiger partial charge in [-0.3, -0.25) is 9.69 Å². The number of benzene rings is 1. The number of piperazine rings is 1. The van der Waals surface area contributed by atoms with Gasteiger partial charge in [0.15, 0.2) is 0 Å². The smallest absolute Gasteiger partial charge is 0.410 e. The molecule has 2 N–H and O–H groups in total. The molecule has 36 heavy (non-hydrogen) atoms. The molecule has 1 heterocycles. The Kier molecular flexibility index (Phi) is 14.2. The zero-order valence-corrected chi connectivity index (χ0v) is 24.0. The summed E-state index contributed by atoms with van der Waals surface area (Å²) in [6, 6.07) is 9.04. The molecule has 0 bridgehead atoms. The third-order valence-electron chi connectivity index (χ3n) is 5.59. The van der Waals surface area contributed by atoms with E-state index < -0.39 is 5.60 Å². The summed E-state index contributed by atoms with van der Waals surface area (Å²) < 4.78 is 9.65. The van der Waals surface area contributed by atoms with Gasteiger partial charge >= 0.3 is 12.1 Å². The highest BCUT2D eigenvalue weighted by Crippen LogP contribution is 2.37. The molecular formula is C28H42BrN3O4. The number of ether oxygens (including phenoxy) is 2. The lowest BCUT2D eigenvalue weighted by molar-refractivity contribution is -0.137. The van der Waals surface area contributed by atoms with Crippen molar-refractivity contribution in [1.82, 2.24) is 9.80 Å². The summed E-state index contributed by atoms with van der Waals surface area (Å²) in [6.45, 7) is 12.4. The number of nitrogens with two attached hydrogens (primary N) is 1. The molecule has 8 heteroatoms. The van der Waals surface area contributed by atoms with E-state index in [9.17, 15) is 9.59 Å². The Hall–Kier alpha value is -2.58. The first-order valence-corrected chi connectivity index (χ1v) is 13.1. The molecule has 1 amide bonds. The SMILES string of the molecule is C/C=C\C1CC=Cc2ccccc2C1N1CCN(C(=O)OC(C)(C)C)CC1.COC(C)=O.N/C=C/Br. The maximum Gasteiger partial charge on any atom is 0.410 e. The molecule has 3 rings (SSSR count). The quantitative estimate of drug-likeness (QED) is 0.357. The van der Waals surface area contributed by atoms with Crippen molar-refractivity contribution < 1.29 is 19.1 Å². The first kappa shape index (κ1) is 31.4. The van der Waals surface area contributed by atoms with Gasteiger partial charge in [0, 0.05) is 45.3 Å². The number of hydrogen-bond donors (Lipinski definition) is 1. The van der Waals surface area contributed by atoms with E-state index in [1.807, 2.05) is 25.7 Å². The summed E-state index contributed by atoms with van der Waals surface area (Å²) in [5.74, 6) is 0.202. The lowest BCUT2D eigenvalue weighted by atomic mass is 9.88. The maximum atomic E-state index is 12.4. The molecule has 1 aliphatic carbocycles. The van der Waals surface area contributed by atoms with Gasteiger partial charge in [-0.1, -0.05) is 64.5 Å². The van der Waals surface area contributed by atoms with Crippen LogP contribution >= 0.6 is 15.9 Å². The molecule has 1 aromatic rings. The third kappa shape index (κ3) is 11.0. The topological polar surface area (TPSA) is 85.1 Å². The predicted molar refractivity (Wildman–Crippen MR) is 150 cm³/mol. The second-order valence-corrected chi connectivity index (χ2v) is 9.95. The van der Waals surface area contributed by atoms with Crippen LogP contribution in [0.5, 0.6) is 0 Å². The highest BCUT2D eigenvalue weighted by Gasteiger charge is 2.33. The molecule has 1 aliphatic heterocycles. The Labute approximate surface area is 225 Å². The van der Waals surface area contributed by atoms with Crippen LogP contribution in [0.2, 0.25) is 0 Å². The number of fused-ring (bicyclic) bond motifs is 1. The van der Waals surface area contributed by atoms with Gasteiger partial charge in [-0.15, -0.1) is 0 Å². The normalized spacial score (nSPS) is 19.9. The van der Waals surface area contributed by atoms with Crippen molar-refractivity contribution in [3.8, 4) is 0 Å². The first-order valence-electron chi connectivity index (χ1n) is 12.2. The molecule has 2 unspecified atom stereocenters. The van der Waals surface area contributed by atoms with Gasteiger partial charge < -0.3 is 20.1 Å². The van der Waals surface area contributed by atoms with Crippen molar-refractivity contribution in [3.05, 3.63) is 64.8 Å². The average Bonchev–Trinajstić information content (AvgIpc) is 3.03. The van der Waals surface area contributed by atoms with E-state index in [1.54, 1.807) is 4.99 Å². The highest BCUT2D eigenvalue weighted by molar-refractivity contribution is 9.11. The Morgan fingerprint density at radius 2 is 1.72 bits per heavy atom. The molecule has 0 spiro atoms. The van der Waals surface area contributed by atoms with E-state index in [-0.39, 0.29) is 12.1 Å². The van der Waals surface area contributed by atoms with Gasteiger partial charge in [0.05, 0.1) is 7.11 Å². The van der Waals surface area contributed by atoms with Crippen molar-refractivity contribution in [3.63, 3.8) is 0 Å². The number of carbonyl (C=O) groups is 2. The molecule has 200 valence electrons. The van der Waals surface area contributed by atoms with Crippen LogP contribution in [0.1, 0.15) is 58.2 Å². The van der Waals surface area contributed by atoms with Crippen molar-refractivity contribution >= 4 is 34.1 Å². The van der Waals surface area contributed by atoms with Crippen LogP contribution in [0.3, 0.4) is 0 Å². The molecule has 7 nitrogen and oxygen atoms in total. The van der Waals surface area contributed by atoms with Crippen molar-refractivity contribution in [1.29, 1.82) is 0 Å². The number of nitrogens with zero attached hydrogens (tertiary/aromatic N) is 2. The third-order valence-corrected chi connectivity index (χ3v) is 5.89. The lowest BCUT2D eigenvalue weighted by Gasteiger charge is -2.42. The number of methoxy groups -OCH3 is 1. The minimum Gasteiger partial charge on any atom is -0.469 e. The second-order valence-electron chi connectivity index (χ2n) is 9.42. The fourth-order valence-electron chi connectivity index (χ4n) is 4.05. The van der Waals surface area contributed by atoms with Gasteiger partial charge in [0.2, 0.25) is 0 Å². The van der Waals surface area contributed by atoms with E-state index in [0.29, 0.717) is 25.0 Å². The van der Waals surface area contributed by atoms with Gasteiger partial charge in [-0.25, -0.2) is 4.79 Å². The van der Waals surface area contributed by atoms with Crippen LogP contribution in [-0.4, -0.2) is 60.8 Å². The van der Waals surface area contributed by atoms with E-state index in [4.69, 9.17) is 10.5 Å². The van der Waals surface area contributed by atoms with E-state index in [2.05, 4.69) is 81.1 Å². The first-order chi connectivity index (χ1) is 17.1. The summed E-state index contributed by atoms with van der Waals surface area (Å²) in [6.07, 6.45) is 11.3. The zero-order chi connectivity index (χ0) is 27.1. The summed E-state index contributed by atoms with van der Waals surface area (Å²) >= 11 is 2.94. The molecule has 1 saturated heterocycles. The molecule has 2 aliphatic rings. The van der Waals surface area contributed by atoms with Gasteiger partial charge in [-0.05, 0) is 56.1 Å². The minimum atomic E-state index is -0.447. The maximum absolute atomic E-state index is 12.4. The molecule has 0 saturated carbocycles. The minimum absolute atomic E-state index is 0.199. The van der Waals surface area contributed by atoms with Crippen LogP contribution in [-0.2, 0) is 14.3 Å². The van der Waals surface area contributed by atoms with Crippen LogP contribution in [0, 0.1) is 5.92 Å². The monoisotopic (exact) mass is 563 g/mol. The number of rotatable bonds is 2. The Balaban J connectivity index is 0.000000620. The average molecular weight is 565 g/mol. The van der Waals surface area contributed by atoms with Crippen LogP contribution < -0.4 is 5.73 Å². The molecule has 0 aromatic heterocycles. The highest BCUT2D eigenvalue weighted by atomic mass is 79.9. The van der Waals surface area contributed by atoms with Crippen LogP contribution in [0.25, 0.3) is 6.08 Å². The molecule has 2 atom stereocenters. The second kappa shape index (κ2) is 16.2. The molecule has 1 fully saturated rings. The fraction of sp³-hybridized carbons (Fsp3) is 0.500. The number of allylic oxidation sites excluding steroid dienone is 2. The Morgan fingerprint density at radius 3 is 2.22 bits per heavy atom. The molecule has 0 radical (unpaired) electrons. The van der Waals surface area contributed by atoms with E-state index in [1.165, 1.54) is 31.4 Å². The van der Waals surface area contributed by atoms with Gasteiger partial charge in [0.25, 0.3) is 0 Å². The number of amides is 1.